The quantitative estimate of drug-likeness (QED) is 0.921. The molecule has 1 aromatic heterocycles. The highest BCUT2D eigenvalue weighted by molar-refractivity contribution is 9.10. The molecule has 1 aliphatic carbocycles. The summed E-state index contributed by atoms with van der Waals surface area (Å²) in [5, 5.41) is 8.98. The highest BCUT2D eigenvalue weighted by Crippen LogP contribution is 2.26. The molecule has 1 amide bonds. The van der Waals surface area contributed by atoms with E-state index in [1.165, 1.54) is 11.1 Å². The number of amides is 1. The van der Waals surface area contributed by atoms with E-state index in [2.05, 4.69) is 20.9 Å². The van der Waals surface area contributed by atoms with Crippen LogP contribution in [-0.4, -0.2) is 39.5 Å². The minimum Gasteiger partial charge on any atom is -0.480 e. The van der Waals surface area contributed by atoms with Gasteiger partial charge in [0.25, 0.3) is 5.91 Å². The van der Waals surface area contributed by atoms with Gasteiger partial charge in [-0.1, -0.05) is 12.8 Å². The SMILES string of the molecule is O=C(O)CN(C(=O)c1ncccc1Br)C1CCCC1. The summed E-state index contributed by atoms with van der Waals surface area (Å²) in [7, 11) is 0. The number of carbonyl (C=O) groups excluding carboxylic acids is 1. The molecule has 0 bridgehead atoms. The van der Waals surface area contributed by atoms with Crippen molar-refractivity contribution in [3.05, 3.63) is 28.5 Å². The lowest BCUT2D eigenvalue weighted by atomic mass is 10.2. The number of carboxylic acids is 1. The van der Waals surface area contributed by atoms with Crippen LogP contribution in [0.5, 0.6) is 0 Å². The van der Waals surface area contributed by atoms with Gasteiger partial charge in [-0.05, 0) is 40.9 Å². The second-order valence-corrected chi connectivity index (χ2v) is 5.45. The molecule has 5 nitrogen and oxygen atoms in total. The van der Waals surface area contributed by atoms with Gasteiger partial charge < -0.3 is 10.0 Å². The van der Waals surface area contributed by atoms with Gasteiger partial charge in [0.2, 0.25) is 0 Å². The summed E-state index contributed by atoms with van der Waals surface area (Å²) in [5.41, 5.74) is 0.274. The Kier molecular flexibility index (Phi) is 4.52. The molecule has 0 radical (unpaired) electrons. The molecule has 0 spiro atoms. The number of nitrogens with zero attached hydrogens (tertiary/aromatic N) is 2. The molecular formula is C13H15BrN2O3. The Morgan fingerprint density at radius 1 is 1.42 bits per heavy atom. The minimum absolute atomic E-state index is 0.0116. The standard InChI is InChI=1S/C13H15BrN2O3/c14-10-6-3-7-15-12(10)13(19)16(8-11(17)18)9-4-1-2-5-9/h3,6-7,9H,1-2,4-5,8H2,(H,17,18). The van der Waals surface area contributed by atoms with Crippen molar-refractivity contribution in [3.8, 4) is 0 Å². The van der Waals surface area contributed by atoms with Gasteiger partial charge in [-0.2, -0.15) is 0 Å². The molecule has 1 fully saturated rings. The van der Waals surface area contributed by atoms with E-state index < -0.39 is 5.97 Å². The molecule has 1 aliphatic rings. The van der Waals surface area contributed by atoms with E-state index >= 15 is 0 Å². The molecule has 19 heavy (non-hydrogen) atoms. The number of halogens is 1. The van der Waals surface area contributed by atoms with E-state index in [0.717, 1.165) is 25.7 Å². The number of hydrogen-bond donors (Lipinski definition) is 1. The molecule has 0 aliphatic heterocycles. The lowest BCUT2D eigenvalue weighted by molar-refractivity contribution is -0.138. The maximum absolute atomic E-state index is 12.5. The number of carbonyl (C=O) groups is 2. The highest BCUT2D eigenvalue weighted by Gasteiger charge is 2.30. The summed E-state index contributed by atoms with van der Waals surface area (Å²) in [5.74, 6) is -1.31. The lowest BCUT2D eigenvalue weighted by Gasteiger charge is -2.27. The Hall–Kier alpha value is -1.43. The van der Waals surface area contributed by atoms with Crippen LogP contribution < -0.4 is 0 Å². The van der Waals surface area contributed by atoms with Gasteiger partial charge >= 0.3 is 5.97 Å². The van der Waals surface area contributed by atoms with Crippen LogP contribution in [0.15, 0.2) is 22.8 Å². The maximum atomic E-state index is 12.5. The zero-order valence-corrected chi connectivity index (χ0v) is 12.0. The van der Waals surface area contributed by atoms with Crippen LogP contribution in [0.4, 0.5) is 0 Å². The number of carboxylic acid groups (broad SMARTS) is 1. The third kappa shape index (κ3) is 3.32. The predicted octanol–water partition coefficient (Wildman–Crippen LogP) is 2.31. The van der Waals surface area contributed by atoms with Gasteiger partial charge in [0.1, 0.15) is 12.2 Å². The Balaban J connectivity index is 2.24. The number of rotatable bonds is 4. The number of aliphatic carboxylic acids is 1. The summed E-state index contributed by atoms with van der Waals surface area (Å²) < 4.78 is 0.591. The molecule has 102 valence electrons. The van der Waals surface area contributed by atoms with Crippen molar-refractivity contribution in [2.24, 2.45) is 0 Å². The average molecular weight is 327 g/mol. The zero-order chi connectivity index (χ0) is 13.8. The average Bonchev–Trinajstić information content (AvgIpc) is 2.89. The van der Waals surface area contributed by atoms with Crippen LogP contribution in [-0.2, 0) is 4.79 Å². The second-order valence-electron chi connectivity index (χ2n) is 4.60. The van der Waals surface area contributed by atoms with Crippen molar-refractivity contribution in [2.45, 2.75) is 31.7 Å². The van der Waals surface area contributed by atoms with Crippen LogP contribution in [0.3, 0.4) is 0 Å². The van der Waals surface area contributed by atoms with E-state index in [4.69, 9.17) is 5.11 Å². The summed E-state index contributed by atoms with van der Waals surface area (Å²) in [6.07, 6.45) is 5.34. The maximum Gasteiger partial charge on any atom is 0.323 e. The van der Waals surface area contributed by atoms with Crippen molar-refractivity contribution in [2.75, 3.05) is 6.54 Å². The molecule has 0 atom stereocenters. The monoisotopic (exact) mass is 326 g/mol. The van der Waals surface area contributed by atoms with Crippen LogP contribution >= 0.6 is 15.9 Å². The van der Waals surface area contributed by atoms with Crippen molar-refractivity contribution in [1.29, 1.82) is 0 Å². The second kappa shape index (κ2) is 6.14. The largest absolute Gasteiger partial charge is 0.480 e. The molecule has 1 aromatic rings. The summed E-state index contributed by atoms with van der Waals surface area (Å²) in [6.45, 7) is -0.271. The molecule has 0 aromatic carbocycles. The van der Waals surface area contributed by atoms with Crippen molar-refractivity contribution >= 4 is 27.8 Å². The van der Waals surface area contributed by atoms with Gasteiger partial charge in [-0.15, -0.1) is 0 Å². The first-order valence-electron chi connectivity index (χ1n) is 6.23. The van der Waals surface area contributed by atoms with Gasteiger partial charge in [-0.25, -0.2) is 4.98 Å². The van der Waals surface area contributed by atoms with Gasteiger partial charge in [0, 0.05) is 16.7 Å². The molecule has 2 rings (SSSR count). The van der Waals surface area contributed by atoms with Crippen molar-refractivity contribution in [3.63, 3.8) is 0 Å². The first-order valence-corrected chi connectivity index (χ1v) is 7.02. The molecule has 0 unspecified atom stereocenters. The van der Waals surface area contributed by atoms with E-state index in [1.807, 2.05) is 0 Å². The molecule has 1 N–H and O–H groups in total. The molecule has 1 saturated carbocycles. The predicted molar refractivity (Wildman–Crippen MR) is 72.9 cm³/mol. The Labute approximate surface area is 119 Å². The smallest absolute Gasteiger partial charge is 0.323 e. The fourth-order valence-electron chi connectivity index (χ4n) is 2.41. The number of pyridine rings is 1. The zero-order valence-electron chi connectivity index (χ0n) is 10.4. The van der Waals surface area contributed by atoms with Crippen LogP contribution in [0.25, 0.3) is 0 Å². The third-order valence-electron chi connectivity index (χ3n) is 3.29. The summed E-state index contributed by atoms with van der Waals surface area (Å²) in [4.78, 5) is 28.9. The summed E-state index contributed by atoms with van der Waals surface area (Å²) >= 11 is 3.28. The van der Waals surface area contributed by atoms with Crippen LogP contribution in [0.1, 0.15) is 36.2 Å². The highest BCUT2D eigenvalue weighted by atomic mass is 79.9. The Morgan fingerprint density at radius 3 is 2.68 bits per heavy atom. The summed E-state index contributed by atoms with van der Waals surface area (Å²) in [6, 6.07) is 3.46. The third-order valence-corrected chi connectivity index (χ3v) is 3.93. The molecular weight excluding hydrogens is 312 g/mol. The number of aromatic nitrogens is 1. The first kappa shape index (κ1) is 14.0. The molecule has 6 heteroatoms. The van der Waals surface area contributed by atoms with Gasteiger partial charge in [0.05, 0.1) is 0 Å². The molecule has 1 heterocycles. The Bertz CT molecular complexity index is 487. The molecule has 0 saturated heterocycles. The van der Waals surface area contributed by atoms with Crippen molar-refractivity contribution < 1.29 is 14.7 Å². The number of hydrogen-bond acceptors (Lipinski definition) is 3. The van der Waals surface area contributed by atoms with E-state index in [1.54, 1.807) is 12.1 Å². The van der Waals surface area contributed by atoms with Gasteiger partial charge in [0.15, 0.2) is 0 Å². The van der Waals surface area contributed by atoms with Crippen molar-refractivity contribution in [1.82, 2.24) is 9.88 Å². The van der Waals surface area contributed by atoms with E-state index in [0.29, 0.717) is 4.47 Å². The lowest BCUT2D eigenvalue weighted by Crippen LogP contribution is -2.42. The minimum atomic E-state index is -0.993. The topological polar surface area (TPSA) is 70.5 Å². The fraction of sp³-hybridized carbons (Fsp3) is 0.462. The van der Waals surface area contributed by atoms with E-state index in [-0.39, 0.29) is 24.2 Å². The van der Waals surface area contributed by atoms with Gasteiger partial charge in [-0.3, -0.25) is 9.59 Å². The van der Waals surface area contributed by atoms with Crippen LogP contribution in [0, 0.1) is 0 Å². The first-order chi connectivity index (χ1) is 9.09. The Morgan fingerprint density at radius 2 is 2.11 bits per heavy atom. The van der Waals surface area contributed by atoms with E-state index in [9.17, 15) is 9.59 Å². The fourth-order valence-corrected chi connectivity index (χ4v) is 2.83. The van der Waals surface area contributed by atoms with Crippen LogP contribution in [0.2, 0.25) is 0 Å². The normalized spacial score (nSPS) is 15.4.